The molecule has 0 spiro atoms. The fourth-order valence-corrected chi connectivity index (χ4v) is 1.04. The number of alkyl halides is 3. The van der Waals surface area contributed by atoms with Gasteiger partial charge in [-0.15, -0.1) is 0 Å². The molecule has 4 nitrogen and oxygen atoms in total. The van der Waals surface area contributed by atoms with Crippen LogP contribution in [0.15, 0.2) is 0 Å². The maximum atomic E-state index is 11.7. The van der Waals surface area contributed by atoms with Crippen LogP contribution in [0.3, 0.4) is 0 Å². The SMILES string of the molecule is O=C(CNCC(F)(F)F)N1CCCO1. The average Bonchev–Trinajstić information content (AvgIpc) is 2.53. The maximum absolute atomic E-state index is 11.7. The molecule has 0 radical (unpaired) electrons. The molecule has 0 aliphatic carbocycles. The molecule has 0 bridgehead atoms. The second-order valence-electron chi connectivity index (χ2n) is 2.90. The second kappa shape index (κ2) is 4.61. The second-order valence-corrected chi connectivity index (χ2v) is 2.90. The molecule has 1 rings (SSSR count). The summed E-state index contributed by atoms with van der Waals surface area (Å²) in [4.78, 5) is 16.0. The third kappa shape index (κ3) is 3.93. The summed E-state index contributed by atoms with van der Waals surface area (Å²) in [6.45, 7) is -0.608. The molecule has 0 saturated carbocycles. The molecule has 1 aliphatic rings. The normalized spacial score (nSPS) is 17.5. The zero-order chi connectivity index (χ0) is 10.6. The van der Waals surface area contributed by atoms with E-state index >= 15 is 0 Å². The van der Waals surface area contributed by atoms with Gasteiger partial charge in [-0.3, -0.25) is 9.63 Å². The minimum atomic E-state index is -4.29. The van der Waals surface area contributed by atoms with Crippen molar-refractivity contribution in [3.63, 3.8) is 0 Å². The van der Waals surface area contributed by atoms with Gasteiger partial charge in [0.25, 0.3) is 5.91 Å². The van der Waals surface area contributed by atoms with E-state index in [2.05, 4.69) is 0 Å². The van der Waals surface area contributed by atoms with Crippen LogP contribution >= 0.6 is 0 Å². The molecule has 1 heterocycles. The monoisotopic (exact) mass is 212 g/mol. The third-order valence-corrected chi connectivity index (χ3v) is 1.63. The lowest BCUT2D eigenvalue weighted by Gasteiger charge is -2.14. The number of amides is 1. The van der Waals surface area contributed by atoms with E-state index < -0.39 is 18.6 Å². The molecular weight excluding hydrogens is 201 g/mol. The fraction of sp³-hybridized carbons (Fsp3) is 0.857. The molecular formula is C7H11F3N2O2. The summed E-state index contributed by atoms with van der Waals surface area (Å²) in [5, 5.41) is 3.09. The molecule has 0 aromatic carbocycles. The van der Waals surface area contributed by atoms with Gasteiger partial charge in [-0.2, -0.15) is 13.2 Å². The van der Waals surface area contributed by atoms with Crippen LogP contribution in [-0.4, -0.2) is 43.4 Å². The Bertz CT molecular complexity index is 202. The van der Waals surface area contributed by atoms with E-state index in [0.717, 1.165) is 11.5 Å². The average molecular weight is 212 g/mol. The van der Waals surface area contributed by atoms with E-state index in [1.165, 1.54) is 0 Å². The van der Waals surface area contributed by atoms with Crippen LogP contribution in [-0.2, 0) is 9.63 Å². The van der Waals surface area contributed by atoms with Crippen LogP contribution in [0.2, 0.25) is 0 Å². The van der Waals surface area contributed by atoms with Crippen LogP contribution in [0.25, 0.3) is 0 Å². The third-order valence-electron chi connectivity index (χ3n) is 1.63. The summed E-state index contributed by atoms with van der Waals surface area (Å²) in [6.07, 6.45) is -3.56. The summed E-state index contributed by atoms with van der Waals surface area (Å²) in [5.74, 6) is -0.466. The number of carbonyl (C=O) groups excluding carboxylic acids is 1. The number of carbonyl (C=O) groups is 1. The van der Waals surface area contributed by atoms with Crippen molar-refractivity contribution >= 4 is 5.91 Å². The fourth-order valence-electron chi connectivity index (χ4n) is 1.04. The van der Waals surface area contributed by atoms with Crippen molar-refractivity contribution in [1.29, 1.82) is 0 Å². The number of nitrogens with one attached hydrogen (secondary N) is 1. The summed E-state index contributed by atoms with van der Waals surface area (Å²) >= 11 is 0. The molecule has 0 aromatic heterocycles. The van der Waals surface area contributed by atoms with Gasteiger partial charge in [0.15, 0.2) is 0 Å². The van der Waals surface area contributed by atoms with E-state index in [-0.39, 0.29) is 6.54 Å². The molecule has 1 N–H and O–H groups in total. The summed E-state index contributed by atoms with van der Waals surface area (Å²) < 4.78 is 35.0. The van der Waals surface area contributed by atoms with E-state index in [1.807, 2.05) is 5.32 Å². The van der Waals surface area contributed by atoms with E-state index in [9.17, 15) is 18.0 Å². The number of nitrogens with zero attached hydrogens (tertiary/aromatic N) is 1. The Balaban J connectivity index is 2.15. The van der Waals surface area contributed by atoms with Crippen LogP contribution in [0, 0.1) is 0 Å². The predicted molar refractivity (Wildman–Crippen MR) is 41.2 cm³/mol. The lowest BCUT2D eigenvalue weighted by atomic mass is 10.4. The molecule has 7 heteroatoms. The minimum absolute atomic E-state index is 0.348. The molecule has 14 heavy (non-hydrogen) atoms. The first-order chi connectivity index (χ1) is 6.49. The highest BCUT2D eigenvalue weighted by molar-refractivity contribution is 5.77. The highest BCUT2D eigenvalue weighted by Crippen LogP contribution is 2.12. The first-order valence-electron chi connectivity index (χ1n) is 4.20. The Kier molecular flexibility index (Phi) is 3.70. The lowest BCUT2D eigenvalue weighted by molar-refractivity contribution is -0.168. The largest absolute Gasteiger partial charge is 0.401 e. The minimum Gasteiger partial charge on any atom is -0.300 e. The van der Waals surface area contributed by atoms with Crippen molar-refractivity contribution in [2.24, 2.45) is 0 Å². The highest BCUT2D eigenvalue weighted by Gasteiger charge is 2.27. The Morgan fingerprint density at radius 3 is 2.71 bits per heavy atom. The molecule has 0 unspecified atom stereocenters. The first kappa shape index (κ1) is 11.3. The van der Waals surface area contributed by atoms with Crippen LogP contribution in [0.4, 0.5) is 13.2 Å². The molecule has 1 aliphatic heterocycles. The van der Waals surface area contributed by atoms with Crippen molar-refractivity contribution in [2.75, 3.05) is 26.2 Å². The number of hydrogen-bond donors (Lipinski definition) is 1. The van der Waals surface area contributed by atoms with Crippen molar-refractivity contribution < 1.29 is 22.8 Å². The van der Waals surface area contributed by atoms with Gasteiger partial charge in [-0.1, -0.05) is 0 Å². The standard InChI is InChI=1S/C7H11F3N2O2/c8-7(9,10)5-11-4-6(13)12-2-1-3-14-12/h11H,1-5H2. The zero-order valence-corrected chi connectivity index (χ0v) is 7.43. The zero-order valence-electron chi connectivity index (χ0n) is 7.43. The van der Waals surface area contributed by atoms with Gasteiger partial charge in [0.05, 0.1) is 26.2 Å². The quantitative estimate of drug-likeness (QED) is 0.731. The van der Waals surface area contributed by atoms with Crippen molar-refractivity contribution in [2.45, 2.75) is 12.6 Å². The van der Waals surface area contributed by atoms with Crippen molar-refractivity contribution in [3.8, 4) is 0 Å². The van der Waals surface area contributed by atoms with E-state index in [1.54, 1.807) is 0 Å². The van der Waals surface area contributed by atoms with Crippen molar-refractivity contribution in [3.05, 3.63) is 0 Å². The number of hydroxylamine groups is 2. The summed E-state index contributed by atoms with van der Waals surface area (Å²) in [6, 6.07) is 0. The number of halogens is 3. The summed E-state index contributed by atoms with van der Waals surface area (Å²) in [5.41, 5.74) is 0. The first-order valence-corrected chi connectivity index (χ1v) is 4.20. The predicted octanol–water partition coefficient (Wildman–Crippen LogP) is 0.302. The Morgan fingerprint density at radius 2 is 2.21 bits per heavy atom. The van der Waals surface area contributed by atoms with Crippen molar-refractivity contribution in [1.82, 2.24) is 10.4 Å². The van der Waals surface area contributed by atoms with Gasteiger partial charge < -0.3 is 5.32 Å². The Labute approximate surface area is 79.0 Å². The molecule has 1 saturated heterocycles. The Hall–Kier alpha value is -0.820. The van der Waals surface area contributed by atoms with E-state index in [4.69, 9.17) is 4.84 Å². The van der Waals surface area contributed by atoms with Crippen LogP contribution in [0.5, 0.6) is 0 Å². The van der Waals surface area contributed by atoms with E-state index in [0.29, 0.717) is 13.2 Å². The molecule has 0 aromatic rings. The Morgan fingerprint density at radius 1 is 1.50 bits per heavy atom. The maximum Gasteiger partial charge on any atom is 0.401 e. The van der Waals surface area contributed by atoms with Crippen LogP contribution < -0.4 is 5.32 Å². The lowest BCUT2D eigenvalue weighted by Crippen LogP contribution is -2.39. The van der Waals surface area contributed by atoms with Gasteiger partial charge >= 0.3 is 6.18 Å². The number of rotatable bonds is 3. The molecule has 82 valence electrons. The molecule has 1 amide bonds. The van der Waals surface area contributed by atoms with Gasteiger partial charge in [-0.05, 0) is 6.42 Å². The van der Waals surface area contributed by atoms with Gasteiger partial charge in [-0.25, -0.2) is 5.06 Å². The molecule has 1 fully saturated rings. The smallest absolute Gasteiger partial charge is 0.300 e. The number of hydrogen-bond acceptors (Lipinski definition) is 3. The van der Waals surface area contributed by atoms with Gasteiger partial charge in [0.1, 0.15) is 0 Å². The van der Waals surface area contributed by atoms with Gasteiger partial charge in [0.2, 0.25) is 0 Å². The van der Waals surface area contributed by atoms with Gasteiger partial charge in [0, 0.05) is 0 Å². The summed E-state index contributed by atoms with van der Waals surface area (Å²) in [7, 11) is 0. The van der Waals surface area contributed by atoms with Crippen LogP contribution in [0.1, 0.15) is 6.42 Å². The molecule has 0 atom stereocenters. The topological polar surface area (TPSA) is 41.6 Å². The highest BCUT2D eigenvalue weighted by atomic mass is 19.4.